The predicted molar refractivity (Wildman–Crippen MR) is 63.6 cm³/mol. The SMILES string of the molecule is CC(NC(=O)C(N)CCC(=O)O)C(=O)NC1CC1. The van der Waals surface area contributed by atoms with Crippen molar-refractivity contribution in [3.63, 3.8) is 0 Å². The van der Waals surface area contributed by atoms with Crippen LogP contribution < -0.4 is 16.4 Å². The predicted octanol–water partition coefficient (Wildman–Crippen LogP) is -1.04. The smallest absolute Gasteiger partial charge is 0.303 e. The van der Waals surface area contributed by atoms with E-state index in [2.05, 4.69) is 10.6 Å². The third-order valence-corrected chi connectivity index (χ3v) is 2.68. The van der Waals surface area contributed by atoms with E-state index in [4.69, 9.17) is 10.8 Å². The molecule has 0 radical (unpaired) electrons. The van der Waals surface area contributed by atoms with Gasteiger partial charge in [-0.3, -0.25) is 14.4 Å². The molecular weight excluding hydrogens is 238 g/mol. The number of aliphatic carboxylic acids is 1. The van der Waals surface area contributed by atoms with E-state index < -0.39 is 24.0 Å². The summed E-state index contributed by atoms with van der Waals surface area (Å²) in [5.41, 5.74) is 5.52. The van der Waals surface area contributed by atoms with Crippen molar-refractivity contribution < 1.29 is 19.5 Å². The highest BCUT2D eigenvalue weighted by molar-refractivity contribution is 5.89. The van der Waals surface area contributed by atoms with Crippen LogP contribution in [0.1, 0.15) is 32.6 Å². The summed E-state index contributed by atoms with van der Waals surface area (Å²) in [7, 11) is 0. The maximum absolute atomic E-state index is 11.6. The van der Waals surface area contributed by atoms with Crippen LogP contribution in [0.4, 0.5) is 0 Å². The lowest BCUT2D eigenvalue weighted by Gasteiger charge is -2.16. The molecule has 2 amide bonds. The summed E-state index contributed by atoms with van der Waals surface area (Å²) in [6.07, 6.45) is 1.84. The van der Waals surface area contributed by atoms with Gasteiger partial charge in [0.2, 0.25) is 11.8 Å². The van der Waals surface area contributed by atoms with E-state index in [1.165, 1.54) is 0 Å². The number of amides is 2. The van der Waals surface area contributed by atoms with Crippen LogP contribution >= 0.6 is 0 Å². The quantitative estimate of drug-likeness (QED) is 0.464. The Bertz CT molecular complexity index is 341. The molecule has 0 aliphatic heterocycles. The Kier molecular flexibility index (Phi) is 5.08. The first-order valence-electron chi connectivity index (χ1n) is 5.98. The first-order chi connectivity index (χ1) is 8.40. The Morgan fingerprint density at radius 3 is 2.44 bits per heavy atom. The Balaban J connectivity index is 2.28. The van der Waals surface area contributed by atoms with E-state index >= 15 is 0 Å². The molecule has 2 unspecified atom stereocenters. The fraction of sp³-hybridized carbons (Fsp3) is 0.727. The molecular formula is C11H19N3O4. The minimum atomic E-state index is -1.00. The maximum atomic E-state index is 11.6. The zero-order chi connectivity index (χ0) is 13.7. The van der Waals surface area contributed by atoms with Crippen molar-refractivity contribution >= 4 is 17.8 Å². The van der Waals surface area contributed by atoms with Gasteiger partial charge in [-0.2, -0.15) is 0 Å². The molecule has 102 valence electrons. The number of nitrogens with two attached hydrogens (primary N) is 1. The van der Waals surface area contributed by atoms with Crippen molar-refractivity contribution in [3.05, 3.63) is 0 Å². The molecule has 1 rings (SSSR count). The van der Waals surface area contributed by atoms with Gasteiger partial charge in [0.15, 0.2) is 0 Å². The number of carbonyl (C=O) groups excluding carboxylic acids is 2. The van der Waals surface area contributed by atoms with Gasteiger partial charge in [-0.05, 0) is 26.2 Å². The van der Waals surface area contributed by atoms with E-state index in [0.717, 1.165) is 12.8 Å². The standard InChI is InChI=1S/C11H19N3O4/c1-6(10(17)14-7-2-3-7)13-11(18)8(12)4-5-9(15)16/h6-8H,2-5,12H2,1H3,(H,13,18)(H,14,17)(H,15,16). The fourth-order valence-corrected chi connectivity index (χ4v) is 1.35. The average molecular weight is 257 g/mol. The zero-order valence-electron chi connectivity index (χ0n) is 10.3. The zero-order valence-corrected chi connectivity index (χ0v) is 10.3. The molecule has 0 aromatic rings. The number of hydrogen-bond acceptors (Lipinski definition) is 4. The van der Waals surface area contributed by atoms with Gasteiger partial charge in [-0.25, -0.2) is 0 Å². The van der Waals surface area contributed by atoms with Crippen LogP contribution in [-0.2, 0) is 14.4 Å². The normalized spacial score (nSPS) is 17.7. The molecule has 7 heteroatoms. The summed E-state index contributed by atoms with van der Waals surface area (Å²) >= 11 is 0. The minimum absolute atomic E-state index is 0.0537. The van der Waals surface area contributed by atoms with Crippen molar-refractivity contribution in [1.29, 1.82) is 0 Å². The van der Waals surface area contributed by atoms with Crippen LogP contribution in [0.25, 0.3) is 0 Å². The third kappa shape index (κ3) is 5.13. The second kappa shape index (κ2) is 6.34. The number of carboxylic acid groups (broad SMARTS) is 1. The lowest BCUT2D eigenvalue weighted by molar-refractivity contribution is -0.137. The maximum Gasteiger partial charge on any atom is 0.303 e. The molecule has 0 bridgehead atoms. The summed E-state index contributed by atoms with van der Waals surface area (Å²) in [6, 6.07) is -1.33. The monoisotopic (exact) mass is 257 g/mol. The Morgan fingerprint density at radius 2 is 1.94 bits per heavy atom. The van der Waals surface area contributed by atoms with Gasteiger partial charge < -0.3 is 21.5 Å². The van der Waals surface area contributed by atoms with Crippen LogP contribution in [0.5, 0.6) is 0 Å². The van der Waals surface area contributed by atoms with Gasteiger partial charge in [0.05, 0.1) is 6.04 Å². The summed E-state index contributed by atoms with van der Waals surface area (Å²) in [6.45, 7) is 1.57. The van der Waals surface area contributed by atoms with Gasteiger partial charge in [0, 0.05) is 12.5 Å². The number of rotatable bonds is 7. The average Bonchev–Trinajstić information content (AvgIpc) is 3.09. The fourth-order valence-electron chi connectivity index (χ4n) is 1.35. The highest BCUT2D eigenvalue weighted by atomic mass is 16.4. The molecule has 1 aliphatic carbocycles. The number of carbonyl (C=O) groups is 3. The van der Waals surface area contributed by atoms with Crippen LogP contribution in [0.2, 0.25) is 0 Å². The van der Waals surface area contributed by atoms with Gasteiger partial charge in [0.1, 0.15) is 6.04 Å². The number of nitrogens with one attached hydrogen (secondary N) is 2. The lowest BCUT2D eigenvalue weighted by atomic mass is 10.1. The van der Waals surface area contributed by atoms with Crippen molar-refractivity contribution in [2.24, 2.45) is 5.73 Å². The second-order valence-corrected chi connectivity index (χ2v) is 4.55. The van der Waals surface area contributed by atoms with E-state index in [9.17, 15) is 14.4 Å². The first-order valence-corrected chi connectivity index (χ1v) is 5.98. The molecule has 7 nitrogen and oxygen atoms in total. The molecule has 2 atom stereocenters. The van der Waals surface area contributed by atoms with E-state index in [-0.39, 0.29) is 24.8 Å². The topological polar surface area (TPSA) is 122 Å². The molecule has 0 aromatic carbocycles. The van der Waals surface area contributed by atoms with Crippen molar-refractivity contribution in [1.82, 2.24) is 10.6 Å². The number of carboxylic acids is 1. The highest BCUT2D eigenvalue weighted by Crippen LogP contribution is 2.18. The minimum Gasteiger partial charge on any atom is -0.481 e. The van der Waals surface area contributed by atoms with Crippen molar-refractivity contribution in [2.75, 3.05) is 0 Å². The summed E-state index contributed by atoms with van der Waals surface area (Å²) in [5, 5.41) is 13.7. The van der Waals surface area contributed by atoms with E-state index in [1.54, 1.807) is 6.92 Å². The Morgan fingerprint density at radius 1 is 1.33 bits per heavy atom. The molecule has 1 aliphatic rings. The van der Waals surface area contributed by atoms with Gasteiger partial charge in [0.25, 0.3) is 0 Å². The Labute approximate surface area is 105 Å². The van der Waals surface area contributed by atoms with Crippen LogP contribution in [-0.4, -0.2) is 41.0 Å². The molecule has 0 spiro atoms. The van der Waals surface area contributed by atoms with Gasteiger partial charge >= 0.3 is 5.97 Å². The lowest BCUT2D eigenvalue weighted by Crippen LogP contribution is -2.50. The van der Waals surface area contributed by atoms with Crippen molar-refractivity contribution in [2.45, 2.75) is 50.7 Å². The molecule has 0 heterocycles. The van der Waals surface area contributed by atoms with E-state index in [1.807, 2.05) is 0 Å². The largest absolute Gasteiger partial charge is 0.481 e. The van der Waals surface area contributed by atoms with Crippen LogP contribution in [0, 0.1) is 0 Å². The molecule has 0 aromatic heterocycles. The van der Waals surface area contributed by atoms with Gasteiger partial charge in [-0.1, -0.05) is 0 Å². The van der Waals surface area contributed by atoms with Crippen LogP contribution in [0.3, 0.4) is 0 Å². The third-order valence-electron chi connectivity index (χ3n) is 2.68. The summed E-state index contributed by atoms with van der Waals surface area (Å²) < 4.78 is 0. The Hall–Kier alpha value is -1.63. The molecule has 1 fully saturated rings. The van der Waals surface area contributed by atoms with Crippen molar-refractivity contribution in [3.8, 4) is 0 Å². The van der Waals surface area contributed by atoms with Crippen LogP contribution in [0.15, 0.2) is 0 Å². The molecule has 0 saturated heterocycles. The molecule has 1 saturated carbocycles. The molecule has 5 N–H and O–H groups in total. The molecule has 18 heavy (non-hydrogen) atoms. The second-order valence-electron chi connectivity index (χ2n) is 4.55. The first kappa shape index (κ1) is 14.4. The van der Waals surface area contributed by atoms with Gasteiger partial charge in [-0.15, -0.1) is 0 Å². The van der Waals surface area contributed by atoms with E-state index in [0.29, 0.717) is 0 Å². The summed E-state index contributed by atoms with van der Waals surface area (Å²) in [4.78, 5) is 33.5. The highest BCUT2D eigenvalue weighted by Gasteiger charge is 2.27. The summed E-state index contributed by atoms with van der Waals surface area (Å²) in [5.74, 6) is -1.75. The number of hydrogen-bond donors (Lipinski definition) is 4.